The fourth-order valence-corrected chi connectivity index (χ4v) is 5.88. The lowest BCUT2D eigenvalue weighted by molar-refractivity contribution is -0.143. The number of carbonyl (C=O) groups excluding carboxylic acids is 1. The lowest BCUT2D eigenvalue weighted by Crippen LogP contribution is -2.43. The number of hydrogen-bond acceptors (Lipinski definition) is 3. The summed E-state index contributed by atoms with van der Waals surface area (Å²) in [4.78, 5) is 16.0. The van der Waals surface area contributed by atoms with Gasteiger partial charge in [0.15, 0.2) is 0 Å². The third kappa shape index (κ3) is 7.54. The highest BCUT2D eigenvalue weighted by atomic mass is 19.4. The first-order valence-corrected chi connectivity index (χ1v) is 13.2. The summed E-state index contributed by atoms with van der Waals surface area (Å²) in [5.41, 5.74) is -2.89. The van der Waals surface area contributed by atoms with Crippen LogP contribution in [0.15, 0.2) is 48.5 Å². The van der Waals surface area contributed by atoms with E-state index in [4.69, 9.17) is 4.74 Å². The van der Waals surface area contributed by atoms with E-state index in [0.717, 1.165) is 44.6 Å². The molecule has 0 aromatic heterocycles. The largest absolute Gasteiger partial charge is 0.416 e. The number of hydrogen-bond donors (Lipinski definition) is 1. The molecule has 1 saturated heterocycles. The maximum absolute atomic E-state index is 13.7. The maximum Gasteiger partial charge on any atom is 0.416 e. The first-order chi connectivity index (χ1) is 18.4. The van der Waals surface area contributed by atoms with Gasteiger partial charge in [-0.05, 0) is 80.8 Å². The molecule has 2 atom stereocenters. The number of nitrogens with one attached hydrogen (secondary N) is 1. The summed E-state index contributed by atoms with van der Waals surface area (Å²) in [6, 6.07) is 11.1. The van der Waals surface area contributed by atoms with Crippen molar-refractivity contribution >= 4 is 5.91 Å². The number of amides is 1. The van der Waals surface area contributed by atoms with Crippen molar-refractivity contribution in [2.24, 2.45) is 11.3 Å². The van der Waals surface area contributed by atoms with Crippen molar-refractivity contribution in [1.82, 2.24) is 10.2 Å². The summed E-state index contributed by atoms with van der Waals surface area (Å²) in [6.45, 7) is 1.96. The number of rotatable bonds is 8. The van der Waals surface area contributed by atoms with Gasteiger partial charge in [-0.3, -0.25) is 4.79 Å². The Morgan fingerprint density at radius 2 is 1.56 bits per heavy atom. The van der Waals surface area contributed by atoms with Gasteiger partial charge in [-0.25, -0.2) is 0 Å². The lowest BCUT2D eigenvalue weighted by atomic mass is 9.78. The number of nitrogens with zero attached hydrogens (tertiary/aromatic N) is 1. The van der Waals surface area contributed by atoms with Gasteiger partial charge in [-0.15, -0.1) is 0 Å². The summed E-state index contributed by atoms with van der Waals surface area (Å²) in [6.07, 6.45) is -5.55. The Morgan fingerprint density at radius 1 is 0.949 bits per heavy atom. The minimum Gasteiger partial charge on any atom is -0.381 e. The normalized spacial score (nSPS) is 22.8. The Hall–Kier alpha value is -2.59. The molecule has 0 radical (unpaired) electrons. The molecule has 1 aliphatic heterocycles. The van der Waals surface area contributed by atoms with Crippen molar-refractivity contribution in [2.75, 3.05) is 26.8 Å². The van der Waals surface area contributed by atoms with Crippen molar-refractivity contribution < 1.29 is 35.9 Å². The Labute approximate surface area is 224 Å². The zero-order valence-corrected chi connectivity index (χ0v) is 21.9. The van der Waals surface area contributed by atoms with Crippen molar-refractivity contribution in [2.45, 2.75) is 63.5 Å². The van der Waals surface area contributed by atoms with E-state index in [1.807, 2.05) is 30.3 Å². The molecule has 1 amide bonds. The van der Waals surface area contributed by atoms with Crippen molar-refractivity contribution in [3.8, 4) is 0 Å². The highest BCUT2D eigenvalue weighted by Gasteiger charge is 2.46. The average molecular weight is 557 g/mol. The molecule has 2 aromatic rings. The minimum atomic E-state index is -4.94. The van der Waals surface area contributed by atoms with Gasteiger partial charge in [-0.2, -0.15) is 26.3 Å². The van der Waals surface area contributed by atoms with Gasteiger partial charge in [0.05, 0.1) is 16.5 Å². The van der Waals surface area contributed by atoms with Gasteiger partial charge in [0.2, 0.25) is 5.91 Å². The Morgan fingerprint density at radius 3 is 2.15 bits per heavy atom. The predicted octanol–water partition coefficient (Wildman–Crippen LogP) is 6.48. The summed E-state index contributed by atoms with van der Waals surface area (Å²) in [5.74, 6) is 0.171. The highest BCUT2D eigenvalue weighted by Crippen LogP contribution is 2.44. The SMILES string of the molecule is CN(CC1CCOCC1)C1CCC(Cc2ccccc2)(C(=O)NCc2cc(C(F)(F)F)cc(C(F)(F)F)c2)C1. The van der Waals surface area contributed by atoms with Crippen molar-refractivity contribution in [1.29, 1.82) is 0 Å². The van der Waals surface area contributed by atoms with Crippen LogP contribution in [-0.4, -0.2) is 43.7 Å². The van der Waals surface area contributed by atoms with Crippen LogP contribution in [0.3, 0.4) is 0 Å². The first-order valence-electron chi connectivity index (χ1n) is 13.2. The van der Waals surface area contributed by atoms with Crippen molar-refractivity contribution in [3.05, 3.63) is 70.8 Å². The third-order valence-corrected chi connectivity index (χ3v) is 8.06. The number of halogens is 6. The molecule has 214 valence electrons. The smallest absolute Gasteiger partial charge is 0.381 e. The molecule has 1 aliphatic carbocycles. The van der Waals surface area contributed by atoms with Crippen LogP contribution in [0.25, 0.3) is 0 Å². The van der Waals surface area contributed by atoms with E-state index >= 15 is 0 Å². The van der Waals surface area contributed by atoms with E-state index in [-0.39, 0.29) is 23.6 Å². The third-order valence-electron chi connectivity index (χ3n) is 8.06. The molecule has 4 nitrogen and oxygen atoms in total. The molecule has 39 heavy (non-hydrogen) atoms. The molecule has 10 heteroatoms. The van der Waals surface area contributed by atoms with Crippen molar-refractivity contribution in [3.63, 3.8) is 0 Å². The van der Waals surface area contributed by atoms with Gasteiger partial charge in [0, 0.05) is 32.3 Å². The average Bonchev–Trinajstić information content (AvgIpc) is 3.32. The van der Waals surface area contributed by atoms with Crippen LogP contribution in [0.5, 0.6) is 0 Å². The molecule has 0 spiro atoms. The number of ether oxygens (including phenoxy) is 1. The number of benzene rings is 2. The second-order valence-corrected chi connectivity index (χ2v) is 10.9. The van der Waals surface area contributed by atoms with Crippen LogP contribution in [0.4, 0.5) is 26.3 Å². The predicted molar refractivity (Wildman–Crippen MR) is 135 cm³/mol. The minimum absolute atomic E-state index is 0.0953. The second-order valence-electron chi connectivity index (χ2n) is 10.9. The molecule has 4 rings (SSSR count). The quantitative estimate of drug-likeness (QED) is 0.379. The Bertz CT molecular complexity index is 1080. The molecule has 2 fully saturated rings. The van der Waals surface area contributed by atoms with Crippen LogP contribution < -0.4 is 5.32 Å². The molecule has 1 N–H and O–H groups in total. The van der Waals surface area contributed by atoms with Crippen LogP contribution in [-0.2, 0) is 34.8 Å². The van der Waals surface area contributed by atoms with Gasteiger partial charge < -0.3 is 15.0 Å². The zero-order valence-electron chi connectivity index (χ0n) is 21.9. The van der Waals surface area contributed by atoms with E-state index < -0.39 is 35.4 Å². The Kier molecular flexibility index (Phi) is 8.95. The van der Waals surface area contributed by atoms with Gasteiger partial charge in [-0.1, -0.05) is 30.3 Å². The molecule has 1 heterocycles. The molecule has 2 aliphatic rings. The van der Waals surface area contributed by atoms with E-state index in [0.29, 0.717) is 37.3 Å². The molecule has 2 aromatic carbocycles. The molecular weight excluding hydrogens is 522 g/mol. The maximum atomic E-state index is 13.7. The van der Waals surface area contributed by atoms with Crippen LogP contribution in [0, 0.1) is 11.3 Å². The second kappa shape index (κ2) is 11.9. The van der Waals surface area contributed by atoms with Gasteiger partial charge >= 0.3 is 12.4 Å². The summed E-state index contributed by atoms with van der Waals surface area (Å²) in [7, 11) is 2.05. The van der Waals surface area contributed by atoms with E-state index in [1.165, 1.54) is 0 Å². The first kappa shape index (κ1) is 29.4. The zero-order chi connectivity index (χ0) is 28.3. The van der Waals surface area contributed by atoms with Gasteiger partial charge in [0.1, 0.15) is 0 Å². The topological polar surface area (TPSA) is 41.6 Å². The van der Waals surface area contributed by atoms with Crippen LogP contribution >= 0.6 is 0 Å². The lowest BCUT2D eigenvalue weighted by Gasteiger charge is -2.33. The molecular formula is C29H34F6N2O2. The van der Waals surface area contributed by atoms with Gasteiger partial charge in [0.25, 0.3) is 0 Å². The highest BCUT2D eigenvalue weighted by molar-refractivity contribution is 5.83. The molecule has 2 unspecified atom stereocenters. The number of alkyl halides is 6. The van der Waals surface area contributed by atoms with E-state index in [9.17, 15) is 31.1 Å². The summed E-state index contributed by atoms with van der Waals surface area (Å²) in [5, 5.41) is 2.69. The summed E-state index contributed by atoms with van der Waals surface area (Å²) < 4.78 is 85.3. The fourth-order valence-electron chi connectivity index (χ4n) is 5.88. The standard InChI is InChI=1S/C29H34F6N2O2/c1-37(19-21-8-11-39-12-9-21)25-7-10-27(17-25,16-20-5-3-2-4-6-20)26(38)36-18-22-13-23(28(30,31)32)15-24(14-22)29(33,34)35/h2-6,13-15,21,25H,7-12,16-19H2,1H3,(H,36,38). The monoisotopic (exact) mass is 556 g/mol. The number of carbonyl (C=O) groups is 1. The van der Waals surface area contributed by atoms with Crippen LogP contribution in [0.1, 0.15) is 54.4 Å². The molecule has 0 bridgehead atoms. The fraction of sp³-hybridized carbons (Fsp3) is 0.552. The Balaban J connectivity index is 1.52. The van der Waals surface area contributed by atoms with E-state index in [2.05, 4.69) is 17.3 Å². The van der Waals surface area contributed by atoms with Crippen LogP contribution in [0.2, 0.25) is 0 Å². The van der Waals surface area contributed by atoms with E-state index in [1.54, 1.807) is 0 Å². The molecule has 1 saturated carbocycles. The summed E-state index contributed by atoms with van der Waals surface area (Å²) >= 11 is 0.